The number of carboxylic acid groups (broad SMARTS) is 1. The lowest BCUT2D eigenvalue weighted by molar-refractivity contribution is -0.136. The predicted molar refractivity (Wildman–Crippen MR) is 41.2 cm³/mol. The van der Waals surface area contributed by atoms with Crippen LogP contribution in [0.15, 0.2) is 10.9 Å². The zero-order chi connectivity index (χ0) is 9.14. The van der Waals surface area contributed by atoms with Gasteiger partial charge < -0.3 is 10.1 Å². The van der Waals surface area contributed by atoms with Gasteiger partial charge in [-0.1, -0.05) is 11.6 Å². The number of nitrogens with zero attached hydrogens (tertiary/aromatic N) is 1. The lowest BCUT2D eigenvalue weighted by Gasteiger charge is -1.95. The molecular weight excluding hydrogens is 184 g/mol. The standard InChI is InChI=1S/C6H5ClN2O3/c7-3-1-5(10)9-4(8-3)2-6(11)12/h1H,2H2,(H,11,12)(H,8,9,10). The van der Waals surface area contributed by atoms with Crippen LogP contribution in [0.4, 0.5) is 0 Å². The van der Waals surface area contributed by atoms with Gasteiger partial charge in [-0.2, -0.15) is 0 Å². The number of rotatable bonds is 2. The molecule has 0 unspecified atom stereocenters. The van der Waals surface area contributed by atoms with E-state index < -0.39 is 11.5 Å². The molecule has 1 heterocycles. The highest BCUT2D eigenvalue weighted by atomic mass is 35.5. The zero-order valence-corrected chi connectivity index (χ0v) is 6.63. The molecule has 0 bridgehead atoms. The Bertz CT molecular complexity index is 360. The van der Waals surface area contributed by atoms with Crippen LogP contribution in [0, 0.1) is 0 Å². The van der Waals surface area contributed by atoms with Crippen LogP contribution in [0.3, 0.4) is 0 Å². The summed E-state index contributed by atoms with van der Waals surface area (Å²) in [6.07, 6.45) is -0.338. The number of hydrogen-bond donors (Lipinski definition) is 2. The Morgan fingerprint density at radius 2 is 2.42 bits per heavy atom. The average Bonchev–Trinajstić information content (AvgIpc) is 1.81. The molecule has 0 saturated carbocycles. The molecule has 0 aliphatic rings. The fourth-order valence-corrected chi connectivity index (χ4v) is 0.904. The van der Waals surface area contributed by atoms with Crippen LogP contribution < -0.4 is 5.56 Å². The molecule has 0 aromatic carbocycles. The van der Waals surface area contributed by atoms with Crippen molar-refractivity contribution in [3.63, 3.8) is 0 Å². The van der Waals surface area contributed by atoms with E-state index in [4.69, 9.17) is 16.7 Å². The number of aromatic amines is 1. The van der Waals surface area contributed by atoms with E-state index in [1.807, 2.05) is 0 Å². The predicted octanol–water partition coefficient (Wildman–Crippen LogP) is 0.0504. The van der Waals surface area contributed by atoms with Crippen LogP contribution in [0.1, 0.15) is 5.82 Å². The number of H-pyrrole nitrogens is 1. The molecule has 1 aromatic heterocycles. The zero-order valence-electron chi connectivity index (χ0n) is 5.87. The topological polar surface area (TPSA) is 83.0 Å². The van der Waals surface area contributed by atoms with Crippen molar-refractivity contribution in [2.24, 2.45) is 0 Å². The Labute approximate surface area is 72.0 Å². The van der Waals surface area contributed by atoms with Crippen LogP contribution in [-0.2, 0) is 11.2 Å². The number of halogens is 1. The summed E-state index contributed by atoms with van der Waals surface area (Å²) in [5.41, 5.74) is -0.453. The maximum atomic E-state index is 10.7. The first-order valence-electron chi connectivity index (χ1n) is 3.05. The molecule has 0 amide bonds. The first-order valence-corrected chi connectivity index (χ1v) is 3.43. The fraction of sp³-hybridized carbons (Fsp3) is 0.167. The molecular formula is C6H5ClN2O3. The normalized spacial score (nSPS) is 9.75. The van der Waals surface area contributed by atoms with E-state index in [1.54, 1.807) is 0 Å². The van der Waals surface area contributed by atoms with Gasteiger partial charge in [0.15, 0.2) is 0 Å². The Morgan fingerprint density at radius 3 is 2.92 bits per heavy atom. The lowest BCUT2D eigenvalue weighted by atomic mass is 10.4. The molecule has 64 valence electrons. The van der Waals surface area contributed by atoms with Crippen molar-refractivity contribution < 1.29 is 9.90 Å². The molecule has 12 heavy (non-hydrogen) atoms. The maximum absolute atomic E-state index is 10.7. The summed E-state index contributed by atoms with van der Waals surface area (Å²) in [6, 6.07) is 1.08. The van der Waals surface area contributed by atoms with Crippen molar-refractivity contribution in [2.75, 3.05) is 0 Å². The highest BCUT2D eigenvalue weighted by Gasteiger charge is 2.03. The van der Waals surface area contributed by atoms with Crippen LogP contribution in [0.5, 0.6) is 0 Å². The molecule has 1 aromatic rings. The average molecular weight is 189 g/mol. The van der Waals surface area contributed by atoms with E-state index in [1.165, 1.54) is 0 Å². The van der Waals surface area contributed by atoms with Gasteiger partial charge in [-0.25, -0.2) is 4.98 Å². The van der Waals surface area contributed by atoms with Gasteiger partial charge in [0, 0.05) is 6.07 Å². The molecule has 0 saturated heterocycles. The monoisotopic (exact) mass is 188 g/mol. The first-order chi connectivity index (χ1) is 5.58. The van der Waals surface area contributed by atoms with Crippen LogP contribution in [-0.4, -0.2) is 21.0 Å². The minimum absolute atomic E-state index is 0.00463. The summed E-state index contributed by atoms with van der Waals surface area (Å²) in [5, 5.41) is 8.34. The number of hydrogen-bond acceptors (Lipinski definition) is 3. The van der Waals surface area contributed by atoms with Gasteiger partial charge in [0.2, 0.25) is 0 Å². The van der Waals surface area contributed by atoms with Gasteiger partial charge in [0.05, 0.1) is 0 Å². The molecule has 0 radical (unpaired) electrons. The molecule has 2 N–H and O–H groups in total. The molecule has 1 rings (SSSR count). The van der Waals surface area contributed by atoms with Crippen molar-refractivity contribution >= 4 is 17.6 Å². The highest BCUT2D eigenvalue weighted by molar-refractivity contribution is 6.29. The second-order valence-electron chi connectivity index (χ2n) is 2.09. The van der Waals surface area contributed by atoms with Crippen molar-refractivity contribution in [1.82, 2.24) is 9.97 Å². The van der Waals surface area contributed by atoms with E-state index in [0.717, 1.165) is 6.07 Å². The molecule has 0 atom stereocenters. The van der Waals surface area contributed by atoms with Crippen molar-refractivity contribution in [2.45, 2.75) is 6.42 Å². The Balaban J connectivity index is 3.01. The van der Waals surface area contributed by atoms with Crippen LogP contribution in [0.25, 0.3) is 0 Å². The van der Waals surface area contributed by atoms with Crippen molar-refractivity contribution in [3.8, 4) is 0 Å². The van der Waals surface area contributed by atoms with Crippen LogP contribution >= 0.6 is 11.6 Å². The summed E-state index contributed by atoms with van der Waals surface area (Å²) in [4.78, 5) is 26.8. The number of aliphatic carboxylic acids is 1. The summed E-state index contributed by atoms with van der Waals surface area (Å²) in [6.45, 7) is 0. The minimum atomic E-state index is -1.07. The fourth-order valence-electron chi connectivity index (χ4n) is 0.703. The summed E-state index contributed by atoms with van der Waals surface area (Å²) < 4.78 is 0. The summed E-state index contributed by atoms with van der Waals surface area (Å²) in [5.74, 6) is -1.01. The van der Waals surface area contributed by atoms with E-state index in [2.05, 4.69) is 9.97 Å². The molecule has 0 aliphatic carbocycles. The van der Waals surface area contributed by atoms with E-state index in [9.17, 15) is 9.59 Å². The van der Waals surface area contributed by atoms with Gasteiger partial charge in [-0.3, -0.25) is 9.59 Å². The number of aromatic nitrogens is 2. The maximum Gasteiger partial charge on any atom is 0.311 e. The Morgan fingerprint density at radius 1 is 1.75 bits per heavy atom. The van der Waals surface area contributed by atoms with Gasteiger partial charge in [-0.05, 0) is 0 Å². The third-order valence-electron chi connectivity index (χ3n) is 1.08. The number of nitrogens with one attached hydrogen (secondary N) is 1. The number of carbonyl (C=O) groups is 1. The van der Waals surface area contributed by atoms with E-state index in [0.29, 0.717) is 0 Å². The molecule has 6 heteroatoms. The van der Waals surface area contributed by atoms with Gasteiger partial charge in [0.25, 0.3) is 5.56 Å². The minimum Gasteiger partial charge on any atom is -0.481 e. The lowest BCUT2D eigenvalue weighted by Crippen LogP contribution is -2.13. The molecule has 0 fully saturated rings. The largest absolute Gasteiger partial charge is 0.481 e. The quantitative estimate of drug-likeness (QED) is 0.643. The van der Waals surface area contributed by atoms with Crippen LogP contribution in [0.2, 0.25) is 5.15 Å². The Kier molecular flexibility index (Phi) is 2.44. The first kappa shape index (κ1) is 8.73. The molecule has 0 aliphatic heterocycles. The van der Waals surface area contributed by atoms with E-state index in [-0.39, 0.29) is 17.4 Å². The third kappa shape index (κ3) is 2.35. The van der Waals surface area contributed by atoms with Gasteiger partial charge in [-0.15, -0.1) is 0 Å². The summed E-state index contributed by atoms with van der Waals surface area (Å²) >= 11 is 5.41. The Hall–Kier alpha value is -1.36. The molecule has 5 nitrogen and oxygen atoms in total. The van der Waals surface area contributed by atoms with Gasteiger partial charge in [0.1, 0.15) is 17.4 Å². The summed E-state index contributed by atoms with van der Waals surface area (Å²) in [7, 11) is 0. The molecule has 0 spiro atoms. The SMILES string of the molecule is O=C(O)Cc1nc(Cl)cc(=O)[nH]1. The van der Waals surface area contributed by atoms with Crippen molar-refractivity contribution in [3.05, 3.63) is 27.4 Å². The highest BCUT2D eigenvalue weighted by Crippen LogP contribution is 1.99. The van der Waals surface area contributed by atoms with Gasteiger partial charge >= 0.3 is 5.97 Å². The second kappa shape index (κ2) is 3.36. The van der Waals surface area contributed by atoms with Crippen molar-refractivity contribution in [1.29, 1.82) is 0 Å². The third-order valence-corrected chi connectivity index (χ3v) is 1.27. The second-order valence-corrected chi connectivity index (χ2v) is 2.47. The number of carboxylic acids is 1. The van der Waals surface area contributed by atoms with E-state index >= 15 is 0 Å². The smallest absolute Gasteiger partial charge is 0.311 e.